The van der Waals surface area contributed by atoms with E-state index in [0.29, 0.717) is 23.3 Å². The van der Waals surface area contributed by atoms with Gasteiger partial charge in [-0.1, -0.05) is 42.4 Å². The summed E-state index contributed by atoms with van der Waals surface area (Å²) in [6.07, 6.45) is -15.1. The summed E-state index contributed by atoms with van der Waals surface area (Å²) >= 11 is 0. The number of benzene rings is 3. The topological polar surface area (TPSA) is 93.4 Å². The maximum Gasteiger partial charge on any atom is 0.416 e. The lowest BCUT2D eigenvalue weighted by atomic mass is 9.93. The van der Waals surface area contributed by atoms with E-state index in [1.165, 1.54) is 18.0 Å². The monoisotopic (exact) mass is 675 g/mol. The summed E-state index contributed by atoms with van der Waals surface area (Å²) in [5.41, 5.74) is -3.25. The first-order valence-corrected chi connectivity index (χ1v) is 13.7. The fraction of sp³-hybridized carbons (Fsp3) is 0.333. The summed E-state index contributed by atoms with van der Waals surface area (Å²) in [5.74, 6) is -1.88. The Morgan fingerprint density at radius 2 is 1.53 bits per heavy atom. The van der Waals surface area contributed by atoms with E-state index in [1.54, 1.807) is 31.2 Å². The van der Waals surface area contributed by atoms with Gasteiger partial charge in [-0.15, -0.1) is 5.10 Å². The van der Waals surface area contributed by atoms with E-state index in [-0.39, 0.29) is 36.3 Å². The quantitative estimate of drug-likeness (QED) is 0.164. The van der Waals surface area contributed by atoms with Gasteiger partial charge in [0, 0.05) is 12.1 Å². The highest BCUT2D eigenvalue weighted by Gasteiger charge is 2.37. The highest BCUT2D eigenvalue weighted by atomic mass is 19.4. The number of aryl methyl sites for hydroxylation is 1. The zero-order chi connectivity index (χ0) is 34.7. The third kappa shape index (κ3) is 9.13. The second kappa shape index (κ2) is 13.5. The normalized spacial score (nSPS) is 13.0. The molecule has 4 rings (SSSR count). The predicted octanol–water partition coefficient (Wildman–Crippen LogP) is 7.60. The van der Waals surface area contributed by atoms with Gasteiger partial charge in [0.05, 0.1) is 36.7 Å². The molecule has 0 aliphatic rings. The number of carbonyl (C=O) groups is 1. The summed E-state index contributed by atoms with van der Waals surface area (Å²) in [5, 5.41) is 20.5. The van der Waals surface area contributed by atoms with Crippen molar-refractivity contribution in [3.63, 3.8) is 0 Å². The Kier molecular flexibility index (Phi) is 10.1. The molecule has 0 bridgehead atoms. The van der Waals surface area contributed by atoms with Gasteiger partial charge in [-0.3, -0.25) is 4.79 Å². The fourth-order valence-electron chi connectivity index (χ4n) is 4.70. The van der Waals surface area contributed by atoms with Crippen LogP contribution in [0.2, 0.25) is 0 Å². The van der Waals surface area contributed by atoms with E-state index in [1.807, 2.05) is 0 Å². The molecular weight excluding hydrogens is 649 g/mol. The van der Waals surface area contributed by atoms with Gasteiger partial charge >= 0.3 is 24.5 Å². The van der Waals surface area contributed by atoms with Crippen LogP contribution < -0.4 is 9.64 Å². The second-order valence-electron chi connectivity index (χ2n) is 10.6. The molecule has 1 N–H and O–H groups in total. The van der Waals surface area contributed by atoms with E-state index in [2.05, 4.69) is 15.4 Å². The number of tetrazole rings is 1. The third-order valence-electron chi connectivity index (χ3n) is 6.98. The molecule has 1 unspecified atom stereocenters. The van der Waals surface area contributed by atoms with Crippen LogP contribution in [0.25, 0.3) is 11.1 Å². The SMILES string of the molecule is CC(CC(=O)O)c1cccc(-c2ccc(C(F)(F)F)cc2OCCN(Cc2cc(C(F)(F)F)cc(C(F)(F)F)c2)c2nnn(C)n2)c1. The molecule has 8 nitrogen and oxygen atoms in total. The number of rotatable bonds is 11. The van der Waals surface area contributed by atoms with Gasteiger partial charge < -0.3 is 14.7 Å². The highest BCUT2D eigenvalue weighted by molar-refractivity contribution is 5.72. The number of hydrogen-bond donors (Lipinski definition) is 1. The summed E-state index contributed by atoms with van der Waals surface area (Å²) in [4.78, 5) is 13.4. The van der Waals surface area contributed by atoms with Crippen LogP contribution in [0.15, 0.2) is 60.7 Å². The molecule has 47 heavy (non-hydrogen) atoms. The number of ether oxygens (including phenoxy) is 1. The van der Waals surface area contributed by atoms with Gasteiger partial charge in [0.2, 0.25) is 0 Å². The number of nitrogens with zero attached hydrogens (tertiary/aromatic N) is 5. The standard InChI is InChI=1S/C30H26F9N5O3/c1-17(10-26(45)46)19-4-3-5-20(13-19)24-7-6-21(28(31,32)33)15-25(24)47-9-8-44(27-40-42-43(2)41-27)16-18-11-22(29(34,35)36)14-23(12-18)30(37,38)39/h3-7,11-15,17H,8-10,16H2,1-2H3,(H,45,46). The Balaban J connectivity index is 1.66. The maximum absolute atomic E-state index is 13.6. The van der Waals surface area contributed by atoms with Gasteiger partial charge in [0.25, 0.3) is 5.95 Å². The van der Waals surface area contributed by atoms with Crippen molar-refractivity contribution >= 4 is 11.9 Å². The van der Waals surface area contributed by atoms with Crippen LogP contribution in [-0.2, 0) is 36.9 Å². The summed E-state index contributed by atoms with van der Waals surface area (Å²) in [7, 11) is 1.37. The van der Waals surface area contributed by atoms with E-state index < -0.39 is 65.8 Å². The molecule has 1 heterocycles. The van der Waals surface area contributed by atoms with Crippen LogP contribution in [0.1, 0.15) is 47.1 Å². The zero-order valence-electron chi connectivity index (χ0n) is 24.6. The van der Waals surface area contributed by atoms with Gasteiger partial charge in [-0.2, -0.15) is 44.3 Å². The van der Waals surface area contributed by atoms with Gasteiger partial charge in [0.1, 0.15) is 12.4 Å². The molecule has 0 saturated carbocycles. The van der Waals surface area contributed by atoms with E-state index in [0.717, 1.165) is 16.9 Å². The van der Waals surface area contributed by atoms with Crippen LogP contribution in [0.5, 0.6) is 5.75 Å². The third-order valence-corrected chi connectivity index (χ3v) is 6.98. The zero-order valence-corrected chi connectivity index (χ0v) is 24.6. The van der Waals surface area contributed by atoms with Gasteiger partial charge in [-0.05, 0) is 58.2 Å². The fourth-order valence-corrected chi connectivity index (χ4v) is 4.70. The van der Waals surface area contributed by atoms with Crippen molar-refractivity contribution in [3.05, 3.63) is 88.5 Å². The Morgan fingerprint density at radius 1 is 0.894 bits per heavy atom. The molecule has 0 saturated heterocycles. The average molecular weight is 676 g/mol. The van der Waals surface area contributed by atoms with Crippen LogP contribution in [0.3, 0.4) is 0 Å². The first kappa shape index (κ1) is 35.0. The maximum atomic E-state index is 13.6. The summed E-state index contributed by atoms with van der Waals surface area (Å²) < 4.78 is 127. The lowest BCUT2D eigenvalue weighted by Gasteiger charge is -2.23. The van der Waals surface area contributed by atoms with Crippen molar-refractivity contribution in [1.29, 1.82) is 0 Å². The molecule has 3 aromatic carbocycles. The molecule has 0 aliphatic carbocycles. The Morgan fingerprint density at radius 3 is 2.09 bits per heavy atom. The van der Waals surface area contributed by atoms with Crippen LogP contribution in [0, 0.1) is 0 Å². The number of aromatic nitrogens is 4. The highest BCUT2D eigenvalue weighted by Crippen LogP contribution is 2.39. The number of carboxylic acid groups (broad SMARTS) is 1. The Labute approximate surface area is 261 Å². The minimum atomic E-state index is -5.09. The molecule has 252 valence electrons. The molecule has 0 fully saturated rings. The van der Waals surface area contributed by atoms with E-state index in [4.69, 9.17) is 9.84 Å². The number of hydrogen-bond acceptors (Lipinski definition) is 6. The number of anilines is 1. The Bertz CT molecular complexity index is 1690. The van der Waals surface area contributed by atoms with Gasteiger partial charge in [-0.25, -0.2) is 0 Å². The summed E-state index contributed by atoms with van der Waals surface area (Å²) in [6.45, 7) is 0.400. The van der Waals surface area contributed by atoms with Crippen LogP contribution >= 0.6 is 0 Å². The molecule has 1 atom stereocenters. The molecule has 0 amide bonds. The largest absolute Gasteiger partial charge is 0.491 e. The van der Waals surface area contributed by atoms with Crippen molar-refractivity contribution in [2.24, 2.45) is 7.05 Å². The average Bonchev–Trinajstić information content (AvgIpc) is 3.41. The van der Waals surface area contributed by atoms with Crippen molar-refractivity contribution in [2.75, 3.05) is 18.1 Å². The van der Waals surface area contributed by atoms with Crippen molar-refractivity contribution < 1.29 is 54.2 Å². The minimum Gasteiger partial charge on any atom is -0.491 e. The van der Waals surface area contributed by atoms with Crippen molar-refractivity contribution in [2.45, 2.75) is 44.3 Å². The Hall–Kier alpha value is -4.83. The molecule has 0 aliphatic heterocycles. The number of halogens is 9. The van der Waals surface area contributed by atoms with Gasteiger partial charge in [0.15, 0.2) is 0 Å². The van der Waals surface area contributed by atoms with Crippen molar-refractivity contribution in [3.8, 4) is 16.9 Å². The summed E-state index contributed by atoms with van der Waals surface area (Å²) in [6, 6.07) is 10.4. The molecule has 0 radical (unpaired) electrons. The van der Waals surface area contributed by atoms with E-state index >= 15 is 0 Å². The lowest BCUT2D eigenvalue weighted by Crippen LogP contribution is -2.29. The van der Waals surface area contributed by atoms with E-state index in [9.17, 15) is 44.3 Å². The van der Waals surface area contributed by atoms with Crippen LogP contribution in [-0.4, -0.2) is 44.4 Å². The lowest BCUT2D eigenvalue weighted by molar-refractivity contribution is -0.143. The first-order chi connectivity index (χ1) is 21.8. The number of aliphatic carboxylic acids is 1. The number of carboxylic acids is 1. The van der Waals surface area contributed by atoms with Crippen molar-refractivity contribution in [1.82, 2.24) is 20.2 Å². The second-order valence-corrected chi connectivity index (χ2v) is 10.6. The minimum absolute atomic E-state index is 0.00982. The smallest absolute Gasteiger partial charge is 0.416 e. The predicted molar refractivity (Wildman–Crippen MR) is 149 cm³/mol. The molecule has 17 heteroatoms. The van der Waals surface area contributed by atoms with Crippen LogP contribution in [0.4, 0.5) is 45.5 Å². The first-order valence-electron chi connectivity index (χ1n) is 13.7. The molecular formula is C30H26F9N5O3. The molecule has 1 aromatic heterocycles. The molecule has 0 spiro atoms. The molecule has 4 aromatic rings. The number of alkyl halides is 9.